The number of hydrogen-bond acceptors (Lipinski definition) is 3. The fraction of sp³-hybridized carbons (Fsp3) is 0.625. The Morgan fingerprint density at radius 3 is 2.71 bits per heavy atom. The van der Waals surface area contributed by atoms with Gasteiger partial charge in [0.25, 0.3) is 5.91 Å². The molecule has 1 saturated carbocycles. The minimum atomic E-state index is -1.07. The molecule has 0 aromatic heterocycles. The van der Waals surface area contributed by atoms with E-state index in [2.05, 4.69) is 10.6 Å². The van der Waals surface area contributed by atoms with Crippen LogP contribution in [0.25, 0.3) is 0 Å². The Balaban J connectivity index is 2.34. The molecule has 1 aliphatic heterocycles. The molecule has 2 rings (SSSR count). The largest absolute Gasteiger partial charge is 0.369 e. The molecule has 1 saturated heterocycles. The third-order valence-corrected chi connectivity index (χ3v) is 2.97. The lowest BCUT2D eigenvalue weighted by Crippen LogP contribution is -2.53. The van der Waals surface area contributed by atoms with Crippen LogP contribution in [-0.2, 0) is 9.59 Å². The van der Waals surface area contributed by atoms with Gasteiger partial charge >= 0.3 is 6.03 Å². The fourth-order valence-electron chi connectivity index (χ4n) is 2.32. The van der Waals surface area contributed by atoms with Crippen LogP contribution in [0.1, 0.15) is 19.3 Å². The Hall–Kier alpha value is -1.59. The molecule has 0 aromatic carbocycles. The first-order valence-electron chi connectivity index (χ1n) is 4.49. The molecule has 1 heterocycles. The Morgan fingerprint density at radius 1 is 1.50 bits per heavy atom. The van der Waals surface area contributed by atoms with Crippen LogP contribution in [0.2, 0.25) is 0 Å². The molecule has 0 aromatic rings. The minimum absolute atomic E-state index is 0.427. The fourth-order valence-corrected chi connectivity index (χ4v) is 2.32. The number of nitrogens with two attached hydrogens (primary N) is 1. The van der Waals surface area contributed by atoms with Crippen molar-refractivity contribution in [3.63, 3.8) is 0 Å². The molecule has 1 spiro atoms. The second-order valence-corrected chi connectivity index (χ2v) is 3.73. The van der Waals surface area contributed by atoms with E-state index in [1.165, 1.54) is 0 Å². The van der Waals surface area contributed by atoms with Gasteiger partial charge in [-0.25, -0.2) is 4.79 Å². The van der Waals surface area contributed by atoms with E-state index < -0.39 is 29.3 Å². The van der Waals surface area contributed by atoms with Crippen LogP contribution in [0, 0.1) is 5.92 Å². The zero-order valence-electron chi connectivity index (χ0n) is 7.50. The van der Waals surface area contributed by atoms with Gasteiger partial charge in [0.05, 0.1) is 5.92 Å². The summed E-state index contributed by atoms with van der Waals surface area (Å²) in [4.78, 5) is 33.6. The van der Waals surface area contributed by atoms with E-state index in [0.29, 0.717) is 12.8 Å². The zero-order valence-corrected chi connectivity index (χ0v) is 7.50. The molecule has 2 aliphatic rings. The van der Waals surface area contributed by atoms with Gasteiger partial charge in [-0.1, -0.05) is 0 Å². The van der Waals surface area contributed by atoms with Crippen molar-refractivity contribution in [2.75, 3.05) is 0 Å². The molecule has 6 heteroatoms. The van der Waals surface area contributed by atoms with Crippen LogP contribution in [0.4, 0.5) is 4.79 Å². The van der Waals surface area contributed by atoms with Crippen molar-refractivity contribution in [1.29, 1.82) is 0 Å². The Morgan fingerprint density at radius 2 is 2.21 bits per heavy atom. The van der Waals surface area contributed by atoms with Crippen molar-refractivity contribution in [3.05, 3.63) is 0 Å². The maximum atomic E-state index is 11.5. The standard InChI is InChI=1S/C8H11N3O3/c9-5(12)4-2-1-3-8(4)6(13)10-7(14)11-8/h4H,1-3H2,(H2,9,12)(H2,10,11,13,14)/t4-,8+/m1/s1. The summed E-state index contributed by atoms with van der Waals surface area (Å²) in [5.74, 6) is -1.53. The van der Waals surface area contributed by atoms with Crippen molar-refractivity contribution >= 4 is 17.8 Å². The highest BCUT2D eigenvalue weighted by molar-refractivity contribution is 6.09. The predicted octanol–water partition coefficient (Wildman–Crippen LogP) is -1.15. The van der Waals surface area contributed by atoms with Gasteiger partial charge in [-0.05, 0) is 19.3 Å². The first-order valence-corrected chi connectivity index (χ1v) is 4.49. The number of primary amides is 1. The van der Waals surface area contributed by atoms with E-state index in [0.717, 1.165) is 6.42 Å². The van der Waals surface area contributed by atoms with Gasteiger partial charge in [0, 0.05) is 0 Å². The Labute approximate surface area is 80.2 Å². The van der Waals surface area contributed by atoms with Crippen molar-refractivity contribution < 1.29 is 14.4 Å². The monoisotopic (exact) mass is 197 g/mol. The van der Waals surface area contributed by atoms with Gasteiger partial charge in [-0.3, -0.25) is 14.9 Å². The first-order chi connectivity index (χ1) is 6.56. The molecular formula is C8H11N3O3. The van der Waals surface area contributed by atoms with Gasteiger partial charge in [-0.2, -0.15) is 0 Å². The van der Waals surface area contributed by atoms with E-state index in [9.17, 15) is 14.4 Å². The third kappa shape index (κ3) is 0.997. The van der Waals surface area contributed by atoms with Gasteiger partial charge in [0.15, 0.2) is 0 Å². The van der Waals surface area contributed by atoms with Crippen LogP contribution in [-0.4, -0.2) is 23.4 Å². The molecule has 4 N–H and O–H groups in total. The lowest BCUT2D eigenvalue weighted by molar-refractivity contribution is -0.132. The predicted molar refractivity (Wildman–Crippen MR) is 45.9 cm³/mol. The number of carbonyl (C=O) groups excluding carboxylic acids is 3. The summed E-state index contributed by atoms with van der Waals surface area (Å²) in [7, 11) is 0. The topological polar surface area (TPSA) is 101 Å². The van der Waals surface area contributed by atoms with E-state index in [1.807, 2.05) is 0 Å². The van der Waals surface area contributed by atoms with E-state index in [1.54, 1.807) is 0 Å². The summed E-state index contributed by atoms with van der Waals surface area (Å²) in [6, 6.07) is -0.539. The Bertz CT molecular complexity index is 328. The summed E-state index contributed by atoms with van der Waals surface area (Å²) in [5.41, 5.74) is 4.12. The number of imide groups is 1. The smallest absolute Gasteiger partial charge is 0.322 e. The molecule has 0 unspecified atom stereocenters. The third-order valence-electron chi connectivity index (χ3n) is 2.97. The number of rotatable bonds is 1. The molecule has 4 amide bonds. The van der Waals surface area contributed by atoms with Crippen LogP contribution in [0.3, 0.4) is 0 Å². The molecule has 1 aliphatic carbocycles. The molecule has 0 radical (unpaired) electrons. The van der Waals surface area contributed by atoms with Crippen LogP contribution in [0.15, 0.2) is 0 Å². The molecule has 14 heavy (non-hydrogen) atoms. The van der Waals surface area contributed by atoms with Crippen molar-refractivity contribution in [2.45, 2.75) is 24.8 Å². The Kier molecular flexibility index (Phi) is 1.73. The summed E-state index contributed by atoms with van der Waals surface area (Å²) in [5, 5.41) is 4.65. The summed E-state index contributed by atoms with van der Waals surface area (Å²) < 4.78 is 0. The number of urea groups is 1. The minimum Gasteiger partial charge on any atom is -0.369 e. The SMILES string of the molecule is NC(=O)[C@H]1CCC[C@]12NC(=O)NC2=O. The zero-order chi connectivity index (χ0) is 10.3. The highest BCUT2D eigenvalue weighted by Crippen LogP contribution is 2.37. The van der Waals surface area contributed by atoms with Crippen LogP contribution >= 0.6 is 0 Å². The molecule has 0 bridgehead atoms. The molecular weight excluding hydrogens is 186 g/mol. The second kappa shape index (κ2) is 2.70. The van der Waals surface area contributed by atoms with E-state index >= 15 is 0 Å². The number of amides is 4. The lowest BCUT2D eigenvalue weighted by Gasteiger charge is -2.25. The number of carbonyl (C=O) groups is 3. The maximum Gasteiger partial charge on any atom is 0.322 e. The molecule has 2 fully saturated rings. The second-order valence-electron chi connectivity index (χ2n) is 3.73. The molecule has 76 valence electrons. The summed E-state index contributed by atoms with van der Waals surface area (Å²) in [6.07, 6.45) is 1.77. The highest BCUT2D eigenvalue weighted by Gasteiger charge is 2.56. The summed E-state index contributed by atoms with van der Waals surface area (Å²) in [6.45, 7) is 0. The maximum absolute atomic E-state index is 11.5. The van der Waals surface area contributed by atoms with Gasteiger partial charge in [0.2, 0.25) is 5.91 Å². The average molecular weight is 197 g/mol. The number of nitrogens with one attached hydrogen (secondary N) is 2. The first kappa shape index (κ1) is 8.98. The van der Waals surface area contributed by atoms with Crippen molar-refractivity contribution in [1.82, 2.24) is 10.6 Å². The van der Waals surface area contributed by atoms with Gasteiger partial charge in [0.1, 0.15) is 5.54 Å². The quantitative estimate of drug-likeness (QED) is 0.462. The lowest BCUT2D eigenvalue weighted by atomic mass is 9.86. The van der Waals surface area contributed by atoms with Crippen LogP contribution in [0.5, 0.6) is 0 Å². The van der Waals surface area contributed by atoms with Crippen molar-refractivity contribution in [3.8, 4) is 0 Å². The number of hydrogen-bond donors (Lipinski definition) is 3. The van der Waals surface area contributed by atoms with Crippen molar-refractivity contribution in [2.24, 2.45) is 11.7 Å². The molecule has 6 nitrogen and oxygen atoms in total. The van der Waals surface area contributed by atoms with Gasteiger partial charge in [-0.15, -0.1) is 0 Å². The van der Waals surface area contributed by atoms with E-state index in [-0.39, 0.29) is 0 Å². The normalized spacial score (nSPS) is 35.9. The molecule has 2 atom stereocenters. The highest BCUT2D eigenvalue weighted by atomic mass is 16.2. The van der Waals surface area contributed by atoms with Gasteiger partial charge < -0.3 is 11.1 Å². The van der Waals surface area contributed by atoms with E-state index in [4.69, 9.17) is 5.73 Å². The average Bonchev–Trinajstić information content (AvgIpc) is 2.59. The van der Waals surface area contributed by atoms with Crippen LogP contribution < -0.4 is 16.4 Å². The summed E-state index contributed by atoms with van der Waals surface area (Å²) >= 11 is 0.